The maximum atomic E-state index is 4.87. The fraction of sp³-hybridized carbons (Fsp3) is 0. The molecule has 0 aliphatic carbocycles. The van der Waals surface area contributed by atoms with Gasteiger partial charge in [-0.05, 0) is 53.6 Å². The van der Waals surface area contributed by atoms with Crippen LogP contribution in [-0.4, -0.2) is 19.9 Å². The van der Waals surface area contributed by atoms with E-state index in [1.807, 2.05) is 36.5 Å². The number of hydrogen-bond acceptors (Lipinski definition) is 4. The Balaban J connectivity index is 1.63. The minimum absolute atomic E-state index is 0.660. The molecule has 3 aromatic heterocycles. The zero-order valence-electron chi connectivity index (χ0n) is 16.8. The van der Waals surface area contributed by atoms with Gasteiger partial charge in [0, 0.05) is 50.4 Å². The summed E-state index contributed by atoms with van der Waals surface area (Å²) in [7, 11) is 0. The van der Waals surface area contributed by atoms with E-state index in [1.54, 1.807) is 18.6 Å². The summed E-state index contributed by atoms with van der Waals surface area (Å²) >= 11 is 7.16. The van der Waals surface area contributed by atoms with Crippen molar-refractivity contribution in [1.29, 1.82) is 0 Å². The lowest BCUT2D eigenvalue weighted by atomic mass is 10.0. The smallest absolute Gasteiger partial charge is 0.160 e. The van der Waals surface area contributed by atoms with Crippen molar-refractivity contribution in [2.24, 2.45) is 0 Å². The molecule has 6 heteroatoms. The van der Waals surface area contributed by atoms with Crippen molar-refractivity contribution in [2.75, 3.05) is 0 Å². The van der Waals surface area contributed by atoms with Crippen LogP contribution in [0.1, 0.15) is 0 Å². The van der Waals surface area contributed by atoms with E-state index in [4.69, 9.17) is 9.97 Å². The molecule has 0 bridgehead atoms. The van der Waals surface area contributed by atoms with Gasteiger partial charge in [0.2, 0.25) is 0 Å². The lowest BCUT2D eigenvalue weighted by molar-refractivity contribution is 1.17. The molecule has 0 radical (unpaired) electrons. The van der Waals surface area contributed by atoms with Crippen LogP contribution in [0.2, 0.25) is 0 Å². The van der Waals surface area contributed by atoms with Crippen molar-refractivity contribution in [1.82, 2.24) is 19.9 Å². The molecule has 3 heterocycles. The highest BCUT2D eigenvalue weighted by atomic mass is 79.9. The summed E-state index contributed by atoms with van der Waals surface area (Å²) in [5.74, 6) is 0.660. The summed E-state index contributed by atoms with van der Waals surface area (Å²) in [5, 5.41) is 0. The fourth-order valence-electron chi connectivity index (χ4n) is 3.44. The summed E-state index contributed by atoms with van der Waals surface area (Å²) in [4.78, 5) is 18.1. The quantitative estimate of drug-likeness (QED) is 0.236. The van der Waals surface area contributed by atoms with Crippen molar-refractivity contribution in [3.8, 4) is 45.0 Å². The number of pyridine rings is 2. The monoisotopic (exact) mass is 542 g/mol. The number of hydrogen-bond donors (Lipinski definition) is 0. The first-order chi connectivity index (χ1) is 15.7. The van der Waals surface area contributed by atoms with Gasteiger partial charge >= 0.3 is 0 Å². The van der Waals surface area contributed by atoms with Crippen LogP contribution in [0.4, 0.5) is 0 Å². The molecule has 0 aliphatic rings. The second kappa shape index (κ2) is 9.10. The first kappa shape index (κ1) is 20.7. The summed E-state index contributed by atoms with van der Waals surface area (Å²) in [6.07, 6.45) is 7.15. The van der Waals surface area contributed by atoms with E-state index in [-0.39, 0.29) is 0 Å². The molecule has 2 aromatic carbocycles. The lowest BCUT2D eigenvalue weighted by Gasteiger charge is -2.10. The van der Waals surface area contributed by atoms with Gasteiger partial charge in [0.25, 0.3) is 0 Å². The van der Waals surface area contributed by atoms with Crippen molar-refractivity contribution in [2.45, 2.75) is 0 Å². The third kappa shape index (κ3) is 4.52. The third-order valence-electron chi connectivity index (χ3n) is 5.00. The summed E-state index contributed by atoms with van der Waals surface area (Å²) < 4.78 is 1.96. The van der Waals surface area contributed by atoms with Crippen molar-refractivity contribution < 1.29 is 0 Å². The van der Waals surface area contributed by atoms with E-state index in [0.29, 0.717) is 5.82 Å². The Morgan fingerprint density at radius 3 is 1.81 bits per heavy atom. The van der Waals surface area contributed by atoms with Crippen LogP contribution in [0.25, 0.3) is 45.0 Å². The van der Waals surface area contributed by atoms with Gasteiger partial charge in [0.05, 0.1) is 11.4 Å². The number of aromatic nitrogens is 4. The average Bonchev–Trinajstić information content (AvgIpc) is 2.84. The predicted molar refractivity (Wildman–Crippen MR) is 135 cm³/mol. The lowest BCUT2D eigenvalue weighted by Crippen LogP contribution is -1.96. The van der Waals surface area contributed by atoms with Gasteiger partial charge in [0.15, 0.2) is 5.82 Å². The van der Waals surface area contributed by atoms with Gasteiger partial charge in [-0.2, -0.15) is 0 Å². The highest BCUT2D eigenvalue weighted by Gasteiger charge is 2.12. The Morgan fingerprint density at radius 2 is 1.16 bits per heavy atom. The van der Waals surface area contributed by atoms with Crippen LogP contribution in [0, 0.1) is 0 Å². The van der Waals surface area contributed by atoms with Gasteiger partial charge in [0.1, 0.15) is 0 Å². The van der Waals surface area contributed by atoms with E-state index in [1.165, 1.54) is 0 Å². The fourth-order valence-corrected chi connectivity index (χ4v) is 4.74. The molecule has 0 amide bonds. The number of nitrogens with zero attached hydrogens (tertiary/aromatic N) is 4. The number of rotatable bonds is 4. The van der Waals surface area contributed by atoms with E-state index >= 15 is 0 Å². The van der Waals surface area contributed by atoms with Crippen LogP contribution >= 0.6 is 31.9 Å². The maximum absolute atomic E-state index is 4.87. The first-order valence-corrected chi connectivity index (χ1v) is 11.5. The summed E-state index contributed by atoms with van der Waals surface area (Å²) in [6.45, 7) is 0. The number of halogens is 2. The third-order valence-corrected chi connectivity index (χ3v) is 5.91. The Hall–Kier alpha value is -3.22. The Bertz CT molecular complexity index is 1350. The van der Waals surface area contributed by atoms with Crippen molar-refractivity contribution in [3.63, 3.8) is 0 Å². The van der Waals surface area contributed by atoms with Gasteiger partial charge in [-0.15, -0.1) is 0 Å². The molecule has 0 spiro atoms. The molecule has 0 unspecified atom stereocenters. The predicted octanol–water partition coefficient (Wildman–Crippen LogP) is 7.46. The van der Waals surface area contributed by atoms with Crippen LogP contribution in [-0.2, 0) is 0 Å². The molecule has 0 saturated carbocycles. The molecule has 0 N–H and O–H groups in total. The molecule has 0 atom stereocenters. The highest BCUT2D eigenvalue weighted by molar-refractivity contribution is 9.11. The Labute approximate surface area is 202 Å². The van der Waals surface area contributed by atoms with Crippen LogP contribution in [0.3, 0.4) is 0 Å². The summed E-state index contributed by atoms with van der Waals surface area (Å²) in [6, 6.07) is 24.3. The van der Waals surface area contributed by atoms with E-state index in [9.17, 15) is 0 Å². The SMILES string of the molecule is Brc1cc(Br)cc(-c2cc(-c3ccc(-c4cccnc4)cc3)nc(-c3ccncc3)n2)c1. The topological polar surface area (TPSA) is 51.6 Å². The molecule has 0 aliphatic heterocycles. The highest BCUT2D eigenvalue weighted by Crippen LogP contribution is 2.31. The molecule has 5 aromatic rings. The molecular weight excluding hydrogens is 528 g/mol. The zero-order valence-corrected chi connectivity index (χ0v) is 20.0. The normalized spacial score (nSPS) is 10.8. The van der Waals surface area contributed by atoms with Gasteiger partial charge in [-0.25, -0.2) is 9.97 Å². The zero-order chi connectivity index (χ0) is 21.9. The van der Waals surface area contributed by atoms with E-state index in [0.717, 1.165) is 48.2 Å². The molecule has 5 rings (SSSR count). The minimum atomic E-state index is 0.660. The van der Waals surface area contributed by atoms with Crippen molar-refractivity contribution >= 4 is 31.9 Å². The maximum Gasteiger partial charge on any atom is 0.160 e. The minimum Gasteiger partial charge on any atom is -0.265 e. The van der Waals surface area contributed by atoms with Crippen LogP contribution in [0.15, 0.2) is 107 Å². The standard InChI is InChI=1S/C26H16Br2N4/c27-22-12-21(13-23(28)14-22)25-15-24(31-26(32-25)19-7-10-29-11-8-19)18-5-3-17(4-6-18)20-2-1-9-30-16-20/h1-16H. The second-order valence-corrected chi connectivity index (χ2v) is 9.01. The summed E-state index contributed by atoms with van der Waals surface area (Å²) in [5.41, 5.74) is 6.84. The average molecular weight is 544 g/mol. The first-order valence-electron chi connectivity index (χ1n) is 9.92. The molecule has 4 nitrogen and oxygen atoms in total. The van der Waals surface area contributed by atoms with Crippen LogP contribution in [0.5, 0.6) is 0 Å². The molecule has 154 valence electrons. The van der Waals surface area contributed by atoms with Gasteiger partial charge < -0.3 is 0 Å². The van der Waals surface area contributed by atoms with E-state index < -0.39 is 0 Å². The van der Waals surface area contributed by atoms with Gasteiger partial charge in [-0.3, -0.25) is 9.97 Å². The Kier molecular flexibility index (Phi) is 5.88. The second-order valence-electron chi connectivity index (χ2n) is 7.18. The number of benzene rings is 2. The molecule has 0 saturated heterocycles. The Morgan fingerprint density at radius 1 is 0.500 bits per heavy atom. The van der Waals surface area contributed by atoms with Crippen LogP contribution < -0.4 is 0 Å². The molecule has 0 fully saturated rings. The largest absolute Gasteiger partial charge is 0.265 e. The van der Waals surface area contributed by atoms with Gasteiger partial charge in [-0.1, -0.05) is 62.2 Å². The van der Waals surface area contributed by atoms with Crippen molar-refractivity contribution in [3.05, 3.63) is 107 Å². The molecule has 32 heavy (non-hydrogen) atoms. The molecular formula is C26H16Br2N4. The van der Waals surface area contributed by atoms with E-state index in [2.05, 4.69) is 84.3 Å².